The maximum atomic E-state index is 11.9. The van der Waals surface area contributed by atoms with E-state index >= 15 is 0 Å². The molecule has 0 saturated heterocycles. The molecule has 6 heteroatoms. The number of esters is 1. The van der Waals surface area contributed by atoms with Crippen molar-refractivity contribution in [1.29, 1.82) is 0 Å². The second-order valence-corrected chi connectivity index (χ2v) is 4.52. The van der Waals surface area contributed by atoms with E-state index in [2.05, 4.69) is 10.3 Å². The Kier molecular flexibility index (Phi) is 6.95. The van der Waals surface area contributed by atoms with Gasteiger partial charge in [-0.2, -0.15) is 0 Å². The summed E-state index contributed by atoms with van der Waals surface area (Å²) >= 11 is 1.43. The molecule has 0 aliphatic carbocycles. The van der Waals surface area contributed by atoms with Gasteiger partial charge in [0.25, 0.3) is 5.91 Å². The van der Waals surface area contributed by atoms with Crippen LogP contribution in [-0.4, -0.2) is 36.3 Å². The summed E-state index contributed by atoms with van der Waals surface area (Å²) in [6.45, 7) is 2.60. The van der Waals surface area contributed by atoms with Crippen molar-refractivity contribution in [3.8, 4) is 0 Å². The van der Waals surface area contributed by atoms with E-state index in [1.165, 1.54) is 11.8 Å². The molecule has 19 heavy (non-hydrogen) atoms. The van der Waals surface area contributed by atoms with Gasteiger partial charge in [-0.3, -0.25) is 9.59 Å². The van der Waals surface area contributed by atoms with Crippen molar-refractivity contribution in [3.63, 3.8) is 0 Å². The van der Waals surface area contributed by atoms with Crippen LogP contribution in [0.5, 0.6) is 0 Å². The molecule has 1 aromatic heterocycles. The van der Waals surface area contributed by atoms with Gasteiger partial charge in [0.15, 0.2) is 0 Å². The molecular formula is C13H18N2O3S. The zero-order valence-corrected chi connectivity index (χ0v) is 12.0. The number of nitrogens with zero attached hydrogens (tertiary/aromatic N) is 1. The zero-order valence-electron chi connectivity index (χ0n) is 11.1. The van der Waals surface area contributed by atoms with E-state index in [9.17, 15) is 9.59 Å². The number of pyridine rings is 1. The summed E-state index contributed by atoms with van der Waals surface area (Å²) in [5, 5.41) is 3.47. The van der Waals surface area contributed by atoms with Crippen LogP contribution in [0.1, 0.15) is 30.1 Å². The number of ether oxygens (including phenoxy) is 1. The van der Waals surface area contributed by atoms with Gasteiger partial charge in [0.1, 0.15) is 5.03 Å². The van der Waals surface area contributed by atoms with Gasteiger partial charge in [-0.25, -0.2) is 4.98 Å². The molecular weight excluding hydrogens is 264 g/mol. The first-order valence-electron chi connectivity index (χ1n) is 6.11. The third-order valence-corrected chi connectivity index (χ3v) is 3.07. The number of thioether (sulfide) groups is 1. The van der Waals surface area contributed by atoms with Gasteiger partial charge in [0, 0.05) is 19.2 Å². The van der Waals surface area contributed by atoms with E-state index in [0.717, 1.165) is 0 Å². The molecule has 0 saturated carbocycles. The minimum Gasteiger partial charge on any atom is -0.466 e. The smallest absolute Gasteiger partial charge is 0.305 e. The lowest BCUT2D eigenvalue weighted by Gasteiger charge is -2.07. The molecule has 0 spiro atoms. The van der Waals surface area contributed by atoms with Gasteiger partial charge in [-0.1, -0.05) is 0 Å². The standard InChI is InChI=1S/C13H18N2O3S/c1-3-18-11(16)7-5-8-14-12(17)10-6-4-9-15-13(10)19-2/h4,6,9H,3,5,7-8H2,1-2H3,(H,14,17). The normalized spacial score (nSPS) is 10.0. The van der Waals surface area contributed by atoms with Crippen LogP contribution in [0, 0.1) is 0 Å². The molecule has 1 N–H and O–H groups in total. The van der Waals surface area contributed by atoms with Crippen molar-refractivity contribution >= 4 is 23.6 Å². The summed E-state index contributed by atoms with van der Waals surface area (Å²) in [4.78, 5) is 27.2. The third kappa shape index (κ3) is 5.30. The van der Waals surface area contributed by atoms with Crippen LogP contribution in [0.25, 0.3) is 0 Å². The number of hydrogen-bond donors (Lipinski definition) is 1. The molecule has 0 aliphatic rings. The van der Waals surface area contributed by atoms with Gasteiger partial charge >= 0.3 is 5.97 Å². The first-order valence-corrected chi connectivity index (χ1v) is 7.34. The van der Waals surface area contributed by atoms with E-state index in [1.54, 1.807) is 25.3 Å². The number of hydrogen-bond acceptors (Lipinski definition) is 5. The molecule has 5 nitrogen and oxygen atoms in total. The lowest BCUT2D eigenvalue weighted by Crippen LogP contribution is -2.25. The fourth-order valence-electron chi connectivity index (χ4n) is 1.49. The van der Waals surface area contributed by atoms with Crippen molar-refractivity contribution in [2.24, 2.45) is 0 Å². The van der Waals surface area contributed by atoms with Crippen LogP contribution >= 0.6 is 11.8 Å². The van der Waals surface area contributed by atoms with Crippen LogP contribution in [-0.2, 0) is 9.53 Å². The SMILES string of the molecule is CCOC(=O)CCCNC(=O)c1cccnc1SC. The summed E-state index contributed by atoms with van der Waals surface area (Å²) in [5.74, 6) is -0.399. The quantitative estimate of drug-likeness (QED) is 0.470. The Morgan fingerprint density at radius 3 is 2.95 bits per heavy atom. The second-order valence-electron chi connectivity index (χ2n) is 3.72. The molecule has 1 amide bonds. The summed E-state index contributed by atoms with van der Waals surface area (Å²) in [6, 6.07) is 3.47. The van der Waals surface area contributed by atoms with Crippen molar-refractivity contribution in [1.82, 2.24) is 10.3 Å². The van der Waals surface area contributed by atoms with Crippen LogP contribution in [0.3, 0.4) is 0 Å². The average molecular weight is 282 g/mol. The topological polar surface area (TPSA) is 68.3 Å². The highest BCUT2D eigenvalue weighted by Crippen LogP contribution is 2.16. The Labute approximate surface area is 117 Å². The molecule has 0 aliphatic heterocycles. The summed E-state index contributed by atoms with van der Waals surface area (Å²) in [6.07, 6.45) is 4.42. The average Bonchev–Trinajstić information content (AvgIpc) is 2.43. The molecule has 0 aromatic carbocycles. The first kappa shape index (κ1) is 15.5. The number of nitrogens with one attached hydrogen (secondary N) is 1. The lowest BCUT2D eigenvalue weighted by atomic mass is 10.2. The van der Waals surface area contributed by atoms with Gasteiger partial charge < -0.3 is 10.1 Å². The highest BCUT2D eigenvalue weighted by atomic mass is 32.2. The highest BCUT2D eigenvalue weighted by Gasteiger charge is 2.11. The van der Waals surface area contributed by atoms with Crippen LogP contribution in [0.4, 0.5) is 0 Å². The van der Waals surface area contributed by atoms with Crippen molar-refractivity contribution in [3.05, 3.63) is 23.9 Å². The molecule has 0 bridgehead atoms. The fourth-order valence-corrected chi connectivity index (χ4v) is 2.04. The largest absolute Gasteiger partial charge is 0.466 e. The molecule has 1 aromatic rings. The minimum atomic E-state index is -0.233. The third-order valence-electron chi connectivity index (χ3n) is 2.36. The van der Waals surface area contributed by atoms with Gasteiger partial charge in [0.05, 0.1) is 12.2 Å². The van der Waals surface area contributed by atoms with E-state index in [1.807, 2.05) is 6.26 Å². The number of rotatable bonds is 7. The molecule has 0 radical (unpaired) electrons. The van der Waals surface area contributed by atoms with Crippen molar-refractivity contribution in [2.45, 2.75) is 24.8 Å². The summed E-state index contributed by atoms with van der Waals surface area (Å²) in [7, 11) is 0. The predicted octanol–water partition coefficient (Wildman–Crippen LogP) is 1.88. The Bertz CT molecular complexity index is 438. The molecule has 1 rings (SSSR count). The summed E-state index contributed by atoms with van der Waals surface area (Å²) in [5.41, 5.74) is 0.561. The van der Waals surface area contributed by atoms with Gasteiger partial charge in [-0.15, -0.1) is 11.8 Å². The van der Waals surface area contributed by atoms with Crippen molar-refractivity contribution in [2.75, 3.05) is 19.4 Å². The Morgan fingerprint density at radius 1 is 1.47 bits per heavy atom. The molecule has 0 atom stereocenters. The zero-order chi connectivity index (χ0) is 14.1. The van der Waals surface area contributed by atoms with Crippen LogP contribution in [0.15, 0.2) is 23.4 Å². The van der Waals surface area contributed by atoms with Crippen LogP contribution in [0.2, 0.25) is 0 Å². The van der Waals surface area contributed by atoms with Crippen LogP contribution < -0.4 is 5.32 Å². The number of aromatic nitrogens is 1. The maximum Gasteiger partial charge on any atom is 0.305 e. The highest BCUT2D eigenvalue weighted by molar-refractivity contribution is 7.98. The molecule has 0 unspecified atom stereocenters. The maximum absolute atomic E-state index is 11.9. The Morgan fingerprint density at radius 2 is 2.26 bits per heavy atom. The summed E-state index contributed by atoms with van der Waals surface area (Å²) < 4.78 is 4.81. The fraction of sp³-hybridized carbons (Fsp3) is 0.462. The minimum absolute atomic E-state index is 0.165. The molecule has 0 fully saturated rings. The Hall–Kier alpha value is -1.56. The lowest BCUT2D eigenvalue weighted by molar-refractivity contribution is -0.143. The van der Waals surface area contributed by atoms with E-state index in [-0.39, 0.29) is 11.9 Å². The van der Waals surface area contributed by atoms with Gasteiger partial charge in [0.2, 0.25) is 0 Å². The van der Waals surface area contributed by atoms with Crippen molar-refractivity contribution < 1.29 is 14.3 Å². The number of carbonyl (C=O) groups is 2. The second kappa shape index (κ2) is 8.53. The molecule has 104 valence electrons. The number of amides is 1. The molecule has 1 heterocycles. The van der Waals surface area contributed by atoms with E-state index < -0.39 is 0 Å². The van der Waals surface area contributed by atoms with Gasteiger partial charge in [-0.05, 0) is 31.7 Å². The van der Waals surface area contributed by atoms with E-state index in [0.29, 0.717) is 36.6 Å². The number of carbonyl (C=O) groups excluding carboxylic acids is 2. The Balaban J connectivity index is 2.37. The predicted molar refractivity (Wildman–Crippen MR) is 74.2 cm³/mol. The van der Waals surface area contributed by atoms with E-state index in [4.69, 9.17) is 4.74 Å². The first-order chi connectivity index (χ1) is 9.19. The monoisotopic (exact) mass is 282 g/mol.